The number of Topliss-reactive ketones (excluding diaryl/α,β-unsaturated/α-hetero) is 2. The van der Waals surface area contributed by atoms with Gasteiger partial charge in [0.2, 0.25) is 53.0 Å². The van der Waals surface area contributed by atoms with Crippen LogP contribution in [0.15, 0.2) is 66.7 Å². The molecule has 4 aromatic carbocycles. The highest BCUT2D eigenvalue weighted by Gasteiger charge is 2.51. The van der Waals surface area contributed by atoms with Gasteiger partial charge in [-0.2, -0.15) is 0 Å². The summed E-state index contributed by atoms with van der Waals surface area (Å²) in [5.41, 5.74) is 5.17. The van der Waals surface area contributed by atoms with Crippen LogP contribution in [0.2, 0.25) is 0 Å². The van der Waals surface area contributed by atoms with Crippen LogP contribution in [-0.4, -0.2) is 248 Å². The third-order valence-corrected chi connectivity index (χ3v) is 22.1. The predicted octanol–water partition coefficient (Wildman–Crippen LogP) is 0.130. The minimum atomic E-state index is -2.42. The number of fused-ring (bicyclic) bond motifs is 6. The highest BCUT2D eigenvalue weighted by molar-refractivity contribution is 6.31. The summed E-state index contributed by atoms with van der Waals surface area (Å²) < 4.78 is 23.1. The van der Waals surface area contributed by atoms with Gasteiger partial charge in [0, 0.05) is 74.1 Å². The average molecular weight is 1600 g/mol. The minimum Gasteiger partial charge on any atom is -0.507 e. The van der Waals surface area contributed by atoms with Gasteiger partial charge in [-0.25, -0.2) is 0 Å². The number of ether oxygens (including phenoxy) is 4. The molecule has 2 aliphatic heterocycles. The van der Waals surface area contributed by atoms with E-state index < -0.39 is 211 Å². The van der Waals surface area contributed by atoms with E-state index in [0.717, 1.165) is 54.4 Å². The number of rotatable bonds is 33. The minimum absolute atomic E-state index is 0.000361. The Hall–Kier alpha value is -10.2. The lowest BCUT2D eigenvalue weighted by Gasteiger charge is -2.43. The molecule has 1 saturated carbocycles. The van der Waals surface area contributed by atoms with Crippen LogP contribution in [0.25, 0.3) is 11.1 Å². The molecule has 10 rings (SSSR count). The van der Waals surface area contributed by atoms with E-state index in [9.17, 15) is 103 Å². The van der Waals surface area contributed by atoms with Crippen LogP contribution in [0.5, 0.6) is 17.2 Å². The number of carbonyl (C=O) groups excluding carboxylic acids is 13. The maximum atomic E-state index is 14.0. The molecule has 14 atom stereocenters. The van der Waals surface area contributed by atoms with Gasteiger partial charge in [0.05, 0.1) is 73.5 Å². The number of likely N-dealkylation sites (tertiary alicyclic amines) is 1. The van der Waals surface area contributed by atoms with Crippen molar-refractivity contribution in [3.05, 3.63) is 111 Å². The standard InChI is InChI=1S/C42H55N5O16.C39H50N4O9/c1-17(2)11-23(46-41(59)24(15-48)47-39(57)21(44-4)9-10-28(43)51)40(58)45-22-12-29(62-18(3)34(22)52)63-26-14-42(60,27(50)16-49)13-20-31(26)38(56)33-32(36(20)54)35(53)19-7-6-8-25(61-5)30(19)37(33)55;1-23(37(49)41-32(21-44)38(50)42-36(24(2)45)25-11-4-3-5-12-25)40-39(51)33-19-26(46)20-43(33)34(47)17-10-18-35(48)52-22-31-29-15-8-6-13-27(29)28-14-7-9-16-30(28)31/h6-8,17-18,21-24,26,29,34,44,48-49,52,54,56,60H,9-16H2,1-5H3,(H2,43,51)(H,45,58)(H,46,59)(H,47,57);6-9,13-16,23,25-26,31-33,36,44,46H,3-5,10-12,17-22H2,1-2H3,(H,40,51)(H,41,49)(H,42,50)/t18?,21-,22?,23-,24?,26?,29?,34?,42-;23?,26-,32?,33?,36?/m01/s1. The van der Waals surface area contributed by atoms with Crippen LogP contribution in [0.3, 0.4) is 0 Å². The summed E-state index contributed by atoms with van der Waals surface area (Å²) in [5, 5.41) is 104. The number of primary amides is 1. The lowest BCUT2D eigenvalue weighted by Crippen LogP contribution is -2.61. The van der Waals surface area contributed by atoms with Crippen LogP contribution in [0, 0.1) is 11.8 Å². The molecule has 17 N–H and O–H groups in total. The first-order valence-electron chi connectivity index (χ1n) is 38.7. The maximum Gasteiger partial charge on any atom is 0.305 e. The number of esters is 1. The normalized spacial score (nSPS) is 22.4. The fraction of sp³-hybridized carbons (Fsp3) is 0.543. The second-order valence-electron chi connectivity index (χ2n) is 30.6. The number of nitrogens with one attached hydrogen (secondary N) is 7. The number of nitrogens with zero attached hydrogens (tertiary/aromatic N) is 1. The zero-order chi connectivity index (χ0) is 84.0. The Bertz CT molecular complexity index is 4270. The molecule has 10 unspecified atom stereocenters. The summed E-state index contributed by atoms with van der Waals surface area (Å²) in [6.07, 6.45) is -3.36. The van der Waals surface area contributed by atoms with Crippen molar-refractivity contribution in [2.24, 2.45) is 17.6 Å². The number of hydrogen-bond donors (Lipinski definition) is 16. The Balaban J connectivity index is 0.000000268. The molecule has 6 aliphatic rings. The fourth-order valence-corrected chi connectivity index (χ4v) is 16.0. The highest BCUT2D eigenvalue weighted by atomic mass is 16.7. The maximum absolute atomic E-state index is 14.0. The van der Waals surface area contributed by atoms with Crippen molar-refractivity contribution in [1.82, 2.24) is 42.1 Å². The molecule has 0 radical (unpaired) electrons. The Kier molecular flexibility index (Phi) is 30.5. The largest absolute Gasteiger partial charge is 0.507 e. The molecule has 34 heteroatoms. The second-order valence-corrected chi connectivity index (χ2v) is 30.6. The molecule has 4 aromatic rings. The summed E-state index contributed by atoms with van der Waals surface area (Å²) >= 11 is 0. The molecule has 0 aromatic heterocycles. The van der Waals surface area contributed by atoms with Crippen molar-refractivity contribution in [1.29, 1.82) is 0 Å². The fourth-order valence-electron chi connectivity index (χ4n) is 16.0. The van der Waals surface area contributed by atoms with Crippen molar-refractivity contribution in [2.45, 2.75) is 221 Å². The van der Waals surface area contributed by atoms with Gasteiger partial charge < -0.3 is 108 Å². The highest BCUT2D eigenvalue weighted by Crippen LogP contribution is 2.53. The summed E-state index contributed by atoms with van der Waals surface area (Å²) in [4.78, 5) is 171. The first-order valence-corrected chi connectivity index (χ1v) is 38.7. The number of ketones is 4. The molecular formula is C81H105N9O25. The van der Waals surface area contributed by atoms with Crippen LogP contribution in [-0.2, 0) is 73.4 Å². The SMILES string of the molecule is CC(=O)C(NC(=O)C(CO)NC(=O)C(C)NC(=O)C1C[C@@H](O)CN1C(=O)CCCC(=O)OCC1c2ccccc2-c2ccccc21)C1CCCCC1.CN[C@@H](CCC(N)=O)C(=O)NC(CO)C(=O)N[C@@H](CC(C)C)C(=O)NC1CC(OC2C[C@](O)(C(=O)CO)Cc3c(O)c4c(c(O)c32)C(=O)c2c(OC)cccc2C4=O)OC(C)C1O. The Morgan fingerprint density at radius 1 is 0.696 bits per heavy atom. The molecule has 0 spiro atoms. The second kappa shape index (κ2) is 39.4. The van der Waals surface area contributed by atoms with Gasteiger partial charge in [0.25, 0.3) is 0 Å². The first-order chi connectivity index (χ1) is 54.7. The van der Waals surface area contributed by atoms with Crippen molar-refractivity contribution in [3.8, 4) is 28.4 Å². The molecule has 0 bridgehead atoms. The number of carbonyl (C=O) groups is 13. The lowest BCUT2D eigenvalue weighted by molar-refractivity contribution is -0.249. The molecule has 2 heterocycles. The third-order valence-electron chi connectivity index (χ3n) is 22.1. The lowest BCUT2D eigenvalue weighted by atomic mass is 9.72. The van der Waals surface area contributed by atoms with Gasteiger partial charge in [-0.3, -0.25) is 62.3 Å². The van der Waals surface area contributed by atoms with Crippen molar-refractivity contribution in [2.75, 3.05) is 47.1 Å². The Morgan fingerprint density at radius 2 is 1.30 bits per heavy atom. The molecule has 2 saturated heterocycles. The zero-order valence-electron chi connectivity index (χ0n) is 65.3. The van der Waals surface area contributed by atoms with E-state index in [0.29, 0.717) is 0 Å². The van der Waals surface area contributed by atoms with Gasteiger partial charge in [-0.15, -0.1) is 0 Å². The van der Waals surface area contributed by atoms with E-state index in [1.165, 1.54) is 58.0 Å². The van der Waals surface area contributed by atoms with Gasteiger partial charge in [-0.1, -0.05) is 93.8 Å². The topological polar surface area (TPSA) is 534 Å². The Labute approximate surface area is 663 Å². The number of hydrogen-bond acceptors (Lipinski definition) is 26. The number of amides is 8. The number of phenolic OH excluding ortho intramolecular Hbond substituents is 2. The van der Waals surface area contributed by atoms with Crippen LogP contribution >= 0.6 is 0 Å². The molecule has 624 valence electrons. The summed E-state index contributed by atoms with van der Waals surface area (Å²) in [6, 6.07) is 11.2. The van der Waals surface area contributed by atoms with E-state index >= 15 is 0 Å². The number of phenols is 2. The van der Waals surface area contributed by atoms with Gasteiger partial charge in [0.1, 0.15) is 72.4 Å². The molecular weight excluding hydrogens is 1500 g/mol. The van der Waals surface area contributed by atoms with E-state index in [1.807, 2.05) is 36.4 Å². The smallest absolute Gasteiger partial charge is 0.305 e. The van der Waals surface area contributed by atoms with Gasteiger partial charge in [-0.05, 0) is 100 Å². The average Bonchev–Trinajstić information content (AvgIpc) is 1.33. The molecule has 34 nitrogen and oxygen atoms in total. The van der Waals surface area contributed by atoms with Crippen molar-refractivity contribution < 1.29 is 122 Å². The third kappa shape index (κ3) is 20.7. The van der Waals surface area contributed by atoms with Gasteiger partial charge >= 0.3 is 5.97 Å². The summed E-state index contributed by atoms with van der Waals surface area (Å²) in [5.74, 6) is -10.9. The van der Waals surface area contributed by atoms with Crippen molar-refractivity contribution >= 4 is 76.4 Å². The number of benzene rings is 4. The zero-order valence-corrected chi connectivity index (χ0v) is 65.3. The monoisotopic (exact) mass is 1600 g/mol. The van der Waals surface area contributed by atoms with Crippen molar-refractivity contribution in [3.63, 3.8) is 0 Å². The number of aromatic hydroxyl groups is 2. The number of likely N-dealkylation sites (N-methyl/N-ethyl adjacent to an activating group) is 1. The van der Waals surface area contributed by atoms with E-state index in [-0.39, 0.29) is 116 Å². The van der Waals surface area contributed by atoms with E-state index in [2.05, 4.69) is 49.4 Å². The predicted molar refractivity (Wildman–Crippen MR) is 408 cm³/mol. The first kappa shape index (κ1) is 88.8. The number of aliphatic hydroxyl groups excluding tert-OH is 5. The molecule has 8 amide bonds. The number of β-amino-alcohol motifs (C(OH)–C–C–N with tert-alkyl or cyclic N) is 1. The van der Waals surface area contributed by atoms with Crippen LogP contribution in [0.1, 0.15) is 191 Å². The van der Waals surface area contributed by atoms with Crippen LogP contribution < -0.4 is 47.7 Å². The van der Waals surface area contributed by atoms with Crippen LogP contribution in [0.4, 0.5) is 0 Å². The summed E-state index contributed by atoms with van der Waals surface area (Å²) in [6.45, 7) is 5.20. The Morgan fingerprint density at radius 3 is 1.90 bits per heavy atom. The number of nitrogens with two attached hydrogens (primary N) is 1. The number of methoxy groups -OCH3 is 1. The molecule has 115 heavy (non-hydrogen) atoms. The van der Waals surface area contributed by atoms with E-state index in [1.54, 1.807) is 13.8 Å². The van der Waals surface area contributed by atoms with Gasteiger partial charge in [0.15, 0.2) is 23.6 Å². The molecule has 3 fully saturated rings. The summed E-state index contributed by atoms with van der Waals surface area (Å²) in [7, 11) is 2.74. The molecule has 4 aliphatic carbocycles. The van der Waals surface area contributed by atoms with E-state index in [4.69, 9.17) is 24.7 Å². The quantitative estimate of drug-likeness (QED) is 0.0196. The number of aliphatic hydroxyl groups is 6.